The zero-order valence-corrected chi connectivity index (χ0v) is 16.2. The minimum absolute atomic E-state index is 0.0331. The molecule has 0 radical (unpaired) electrons. The van der Waals surface area contributed by atoms with Gasteiger partial charge in [-0.15, -0.1) is 11.3 Å². The quantitative estimate of drug-likeness (QED) is 0.827. The molecule has 0 unspecified atom stereocenters. The lowest BCUT2D eigenvalue weighted by molar-refractivity contribution is -0.142. The van der Waals surface area contributed by atoms with Gasteiger partial charge in [-0.2, -0.15) is 0 Å². The fraction of sp³-hybridized carbons (Fsp3) is 0.750. The average molecular weight is 379 g/mol. The van der Waals surface area contributed by atoms with Gasteiger partial charge >= 0.3 is 0 Å². The first kappa shape index (κ1) is 18.4. The van der Waals surface area contributed by atoms with E-state index in [4.69, 9.17) is 4.74 Å². The van der Waals surface area contributed by atoms with E-state index in [1.54, 1.807) is 11.3 Å². The molecule has 0 bridgehead atoms. The predicted molar refractivity (Wildman–Crippen MR) is 102 cm³/mol. The molecule has 1 aliphatic heterocycles. The first-order valence-electron chi connectivity index (χ1n) is 10.0. The SMILES string of the molecule is O=C(N[C@H](c1cccs1)C1CC(O)C1)C1(N2CCOCC2)CCCCC1. The van der Waals surface area contributed by atoms with E-state index in [0.29, 0.717) is 5.92 Å². The van der Waals surface area contributed by atoms with Crippen LogP contribution in [-0.4, -0.2) is 53.9 Å². The Kier molecular flexibility index (Phi) is 5.64. The number of nitrogens with one attached hydrogen (secondary N) is 1. The lowest BCUT2D eigenvalue weighted by atomic mass is 9.75. The fourth-order valence-corrected chi connectivity index (χ4v) is 5.75. The van der Waals surface area contributed by atoms with Crippen molar-refractivity contribution in [3.8, 4) is 0 Å². The zero-order valence-electron chi connectivity index (χ0n) is 15.4. The smallest absolute Gasteiger partial charge is 0.241 e. The van der Waals surface area contributed by atoms with Crippen molar-refractivity contribution in [3.63, 3.8) is 0 Å². The van der Waals surface area contributed by atoms with Crippen molar-refractivity contribution in [2.24, 2.45) is 5.92 Å². The molecule has 3 aliphatic rings. The number of aliphatic hydroxyl groups is 1. The van der Waals surface area contributed by atoms with Crippen LogP contribution >= 0.6 is 11.3 Å². The van der Waals surface area contributed by atoms with E-state index in [2.05, 4.69) is 21.7 Å². The van der Waals surface area contributed by atoms with Crippen molar-refractivity contribution in [3.05, 3.63) is 22.4 Å². The van der Waals surface area contributed by atoms with E-state index < -0.39 is 0 Å². The summed E-state index contributed by atoms with van der Waals surface area (Å²) in [6.07, 6.45) is 6.73. The van der Waals surface area contributed by atoms with Gasteiger partial charge < -0.3 is 15.2 Å². The molecular formula is C20H30N2O3S. The largest absolute Gasteiger partial charge is 0.393 e. The van der Waals surface area contributed by atoms with Gasteiger partial charge in [-0.1, -0.05) is 25.3 Å². The summed E-state index contributed by atoms with van der Waals surface area (Å²) in [5, 5.41) is 15.3. The summed E-state index contributed by atoms with van der Waals surface area (Å²) in [4.78, 5) is 17.2. The van der Waals surface area contributed by atoms with Crippen LogP contribution < -0.4 is 5.32 Å². The van der Waals surface area contributed by atoms with Gasteiger partial charge in [0.15, 0.2) is 0 Å². The number of thiophene rings is 1. The first-order chi connectivity index (χ1) is 12.7. The molecule has 1 aromatic rings. The molecule has 2 heterocycles. The number of carbonyl (C=O) groups excluding carboxylic acids is 1. The van der Waals surface area contributed by atoms with Gasteiger partial charge in [-0.25, -0.2) is 0 Å². The highest BCUT2D eigenvalue weighted by molar-refractivity contribution is 7.10. The van der Waals surface area contributed by atoms with Gasteiger partial charge in [0, 0.05) is 18.0 Å². The number of rotatable bonds is 5. The topological polar surface area (TPSA) is 61.8 Å². The van der Waals surface area contributed by atoms with E-state index >= 15 is 0 Å². The monoisotopic (exact) mass is 378 g/mol. The van der Waals surface area contributed by atoms with Gasteiger partial charge in [0.2, 0.25) is 5.91 Å². The Bertz CT molecular complexity index is 588. The maximum Gasteiger partial charge on any atom is 0.241 e. The first-order valence-corrected chi connectivity index (χ1v) is 10.9. The number of morpholine rings is 1. The summed E-state index contributed by atoms with van der Waals surface area (Å²) in [6.45, 7) is 3.13. The molecule has 26 heavy (non-hydrogen) atoms. The normalized spacial score (nSPS) is 30.3. The number of carbonyl (C=O) groups is 1. The molecule has 144 valence electrons. The highest BCUT2D eigenvalue weighted by Crippen LogP contribution is 2.41. The van der Waals surface area contributed by atoms with Crippen LogP contribution in [0.2, 0.25) is 0 Å². The van der Waals surface area contributed by atoms with Crippen LogP contribution in [0.5, 0.6) is 0 Å². The summed E-state index contributed by atoms with van der Waals surface area (Å²) in [5.41, 5.74) is -0.375. The van der Waals surface area contributed by atoms with Crippen LogP contribution in [0, 0.1) is 5.92 Å². The molecule has 6 heteroatoms. The van der Waals surface area contributed by atoms with Crippen LogP contribution in [-0.2, 0) is 9.53 Å². The number of nitrogens with zero attached hydrogens (tertiary/aromatic N) is 1. The van der Waals surface area contributed by atoms with E-state index in [0.717, 1.165) is 64.8 Å². The Hall–Kier alpha value is -0.950. The number of amides is 1. The molecule has 2 saturated carbocycles. The van der Waals surface area contributed by atoms with Crippen molar-refractivity contribution in [2.45, 2.75) is 62.6 Å². The van der Waals surface area contributed by atoms with Crippen LogP contribution in [0.4, 0.5) is 0 Å². The molecule has 3 fully saturated rings. The third kappa shape index (κ3) is 3.57. The number of aliphatic hydroxyl groups excluding tert-OH is 1. The molecule has 1 saturated heterocycles. The Morgan fingerprint density at radius 1 is 1.27 bits per heavy atom. The Morgan fingerprint density at radius 2 is 2.00 bits per heavy atom. The number of hydrogen-bond acceptors (Lipinski definition) is 5. The molecule has 1 aromatic heterocycles. The number of ether oxygens (including phenoxy) is 1. The maximum absolute atomic E-state index is 13.6. The van der Waals surface area contributed by atoms with Gasteiger partial charge in [0.1, 0.15) is 5.54 Å². The third-order valence-corrected chi connectivity index (χ3v) is 7.43. The lowest BCUT2D eigenvalue weighted by Gasteiger charge is -2.48. The average Bonchev–Trinajstić information content (AvgIpc) is 3.19. The summed E-state index contributed by atoms with van der Waals surface area (Å²) < 4.78 is 5.53. The summed E-state index contributed by atoms with van der Waals surface area (Å²) in [6, 6.07) is 4.19. The number of hydrogen-bond donors (Lipinski definition) is 2. The van der Waals surface area contributed by atoms with Crippen LogP contribution in [0.15, 0.2) is 17.5 Å². The molecule has 2 N–H and O–H groups in total. The Balaban J connectivity index is 1.54. The van der Waals surface area contributed by atoms with Gasteiger partial charge in [-0.05, 0) is 43.0 Å². The van der Waals surface area contributed by atoms with Crippen molar-refractivity contribution >= 4 is 17.2 Å². The fourth-order valence-electron chi connectivity index (χ4n) is 4.88. The summed E-state index contributed by atoms with van der Waals surface area (Å²) in [7, 11) is 0. The van der Waals surface area contributed by atoms with E-state index in [1.165, 1.54) is 11.3 Å². The van der Waals surface area contributed by atoms with Crippen LogP contribution in [0.1, 0.15) is 55.9 Å². The second-order valence-electron chi connectivity index (χ2n) is 8.04. The molecule has 1 amide bonds. The van der Waals surface area contributed by atoms with E-state index in [1.807, 2.05) is 6.07 Å². The van der Waals surface area contributed by atoms with Crippen molar-refractivity contribution < 1.29 is 14.6 Å². The molecule has 0 spiro atoms. The summed E-state index contributed by atoms with van der Waals surface area (Å²) >= 11 is 1.70. The van der Waals surface area contributed by atoms with E-state index in [-0.39, 0.29) is 23.6 Å². The van der Waals surface area contributed by atoms with Crippen molar-refractivity contribution in [1.29, 1.82) is 0 Å². The maximum atomic E-state index is 13.6. The van der Waals surface area contributed by atoms with Crippen LogP contribution in [0.3, 0.4) is 0 Å². The molecule has 2 aliphatic carbocycles. The minimum Gasteiger partial charge on any atom is -0.393 e. The lowest BCUT2D eigenvalue weighted by Crippen LogP contribution is -2.63. The third-order valence-electron chi connectivity index (χ3n) is 6.48. The van der Waals surface area contributed by atoms with Crippen molar-refractivity contribution in [1.82, 2.24) is 10.2 Å². The summed E-state index contributed by atoms with van der Waals surface area (Å²) in [5.74, 6) is 0.539. The highest BCUT2D eigenvalue weighted by atomic mass is 32.1. The minimum atomic E-state index is -0.375. The molecular weight excluding hydrogens is 348 g/mol. The molecule has 5 nitrogen and oxygen atoms in total. The molecule has 0 aromatic carbocycles. The Morgan fingerprint density at radius 3 is 2.62 bits per heavy atom. The van der Waals surface area contributed by atoms with E-state index in [9.17, 15) is 9.90 Å². The molecule has 1 atom stereocenters. The standard InChI is InChI=1S/C20H30N2O3S/c23-16-13-15(14-16)18(17-5-4-12-26-17)21-19(24)20(6-2-1-3-7-20)22-8-10-25-11-9-22/h4-5,12,15-16,18,23H,1-3,6-11,13-14H2,(H,21,24)/t15?,16?,18-/m0/s1. The highest BCUT2D eigenvalue weighted by Gasteiger charge is 2.47. The zero-order chi connectivity index (χ0) is 18.0. The van der Waals surface area contributed by atoms with Crippen LogP contribution in [0.25, 0.3) is 0 Å². The Labute approximate surface area is 159 Å². The molecule has 4 rings (SSSR count). The predicted octanol–water partition coefficient (Wildman–Crippen LogP) is 2.71. The van der Waals surface area contributed by atoms with Crippen molar-refractivity contribution in [2.75, 3.05) is 26.3 Å². The van der Waals surface area contributed by atoms with Gasteiger partial charge in [-0.3, -0.25) is 9.69 Å². The van der Waals surface area contributed by atoms with Gasteiger partial charge in [0.05, 0.1) is 25.4 Å². The second kappa shape index (κ2) is 7.97. The second-order valence-corrected chi connectivity index (χ2v) is 9.02. The van der Waals surface area contributed by atoms with Gasteiger partial charge in [0.25, 0.3) is 0 Å².